The number of benzene rings is 2. The molecule has 0 saturated carbocycles. The monoisotopic (exact) mass is 429 g/mol. The normalized spacial score (nSPS) is 14.5. The van der Waals surface area contributed by atoms with Crippen molar-refractivity contribution in [1.29, 1.82) is 0 Å². The van der Waals surface area contributed by atoms with Crippen molar-refractivity contribution in [1.82, 2.24) is 0 Å². The van der Waals surface area contributed by atoms with Gasteiger partial charge in [-0.15, -0.1) is 0 Å². The van der Waals surface area contributed by atoms with E-state index in [4.69, 9.17) is 0 Å². The first-order chi connectivity index (χ1) is 9.19. The third-order valence-corrected chi connectivity index (χ3v) is 4.19. The maximum atomic E-state index is 3.43. The van der Waals surface area contributed by atoms with E-state index in [2.05, 4.69) is 73.1 Å². The van der Waals surface area contributed by atoms with Crippen molar-refractivity contribution in [2.24, 2.45) is 0 Å². The van der Waals surface area contributed by atoms with E-state index in [-0.39, 0.29) is 26.6 Å². The van der Waals surface area contributed by atoms with Crippen LogP contribution in [0.2, 0.25) is 0 Å². The first-order valence-corrected chi connectivity index (χ1v) is 6.65. The van der Waals surface area contributed by atoms with Crippen LogP contribution in [0.15, 0.2) is 54.7 Å². The molecule has 20 heavy (non-hydrogen) atoms. The van der Waals surface area contributed by atoms with Crippen LogP contribution in [0.4, 0.5) is 0 Å². The summed E-state index contributed by atoms with van der Waals surface area (Å²) in [6, 6.07) is 20.5. The second-order valence-electron chi connectivity index (χ2n) is 5.64. The summed E-state index contributed by atoms with van der Waals surface area (Å²) in [6.45, 7) is 4.52. The minimum atomic E-state index is -0.0318. The van der Waals surface area contributed by atoms with E-state index >= 15 is 0 Å². The van der Waals surface area contributed by atoms with Crippen LogP contribution in [-0.2, 0) is 26.6 Å². The Kier molecular flexibility index (Phi) is 3.06. The standard InChI is InChI=1S/C18H15N.W/c1-18(2)16-10-6-5-9-15(16)17-14-8-4-3-7-13(14)11-12-19(17)18;/h3-9,11-12H,1-2H3;. The van der Waals surface area contributed by atoms with Crippen molar-refractivity contribution in [3.63, 3.8) is 0 Å². The molecule has 1 aliphatic heterocycles. The number of aromatic nitrogens is 1. The maximum absolute atomic E-state index is 3.43. The van der Waals surface area contributed by atoms with Crippen LogP contribution in [0.25, 0.3) is 22.0 Å². The molecule has 2 heteroatoms. The van der Waals surface area contributed by atoms with Crippen molar-refractivity contribution in [2.45, 2.75) is 19.4 Å². The van der Waals surface area contributed by atoms with Crippen LogP contribution in [-0.4, -0.2) is 0 Å². The zero-order chi connectivity index (χ0) is 13.0. The average molecular weight is 429 g/mol. The molecule has 2 aromatic carbocycles. The molecule has 4 rings (SSSR count). The van der Waals surface area contributed by atoms with Gasteiger partial charge in [-0.3, -0.25) is 0 Å². The summed E-state index contributed by atoms with van der Waals surface area (Å²) < 4.78 is 2.37. The third kappa shape index (κ3) is 1.63. The van der Waals surface area contributed by atoms with E-state index in [0.717, 1.165) is 0 Å². The fraction of sp³-hybridized carbons (Fsp3) is 0.167. The quantitative estimate of drug-likeness (QED) is 0.379. The molecule has 2 heterocycles. The maximum Gasteiger partial charge on any atom is 0.169 e. The van der Waals surface area contributed by atoms with E-state index in [0.29, 0.717) is 0 Å². The van der Waals surface area contributed by atoms with Crippen molar-refractivity contribution in [3.05, 3.63) is 66.4 Å². The smallest absolute Gasteiger partial charge is 0.169 e. The van der Waals surface area contributed by atoms with Crippen molar-refractivity contribution in [3.8, 4) is 11.3 Å². The molecular formula is C18H15NW. The molecule has 98 valence electrons. The molecule has 1 aromatic heterocycles. The van der Waals surface area contributed by atoms with Gasteiger partial charge in [0.2, 0.25) is 0 Å². The summed E-state index contributed by atoms with van der Waals surface area (Å²) in [4.78, 5) is 0. The zero-order valence-corrected chi connectivity index (χ0v) is 14.5. The van der Waals surface area contributed by atoms with E-state index in [1.165, 1.54) is 27.6 Å². The number of pyridine rings is 1. The summed E-state index contributed by atoms with van der Waals surface area (Å²) in [5.74, 6) is 0. The van der Waals surface area contributed by atoms with Crippen LogP contribution in [0.5, 0.6) is 0 Å². The van der Waals surface area contributed by atoms with Crippen LogP contribution >= 0.6 is 0 Å². The molecule has 0 spiro atoms. The largest absolute Gasteiger partial charge is 0.201 e. The molecule has 3 aromatic rings. The van der Waals surface area contributed by atoms with Crippen LogP contribution < -0.4 is 4.57 Å². The Hall–Kier alpha value is -1.46. The van der Waals surface area contributed by atoms with Gasteiger partial charge in [-0.05, 0) is 11.5 Å². The van der Waals surface area contributed by atoms with Gasteiger partial charge in [-0.25, -0.2) is 4.57 Å². The van der Waals surface area contributed by atoms with Crippen LogP contribution in [0.3, 0.4) is 0 Å². The van der Waals surface area contributed by atoms with Crippen molar-refractivity contribution < 1.29 is 25.6 Å². The molecule has 0 amide bonds. The van der Waals surface area contributed by atoms with Gasteiger partial charge in [-0.1, -0.05) is 29.3 Å². The Morgan fingerprint density at radius 3 is 2.65 bits per heavy atom. The number of rotatable bonds is 0. The molecule has 0 saturated heterocycles. The van der Waals surface area contributed by atoms with Gasteiger partial charge in [0.05, 0.1) is 0 Å². The predicted octanol–water partition coefficient (Wildman–Crippen LogP) is 3.69. The summed E-state index contributed by atoms with van der Waals surface area (Å²) in [5, 5.41) is 2.61. The van der Waals surface area contributed by atoms with Gasteiger partial charge in [-0.2, -0.15) is 24.3 Å². The molecule has 0 N–H and O–H groups in total. The van der Waals surface area contributed by atoms with Crippen LogP contribution in [0, 0.1) is 6.07 Å². The van der Waals surface area contributed by atoms with Crippen molar-refractivity contribution in [2.75, 3.05) is 0 Å². The summed E-state index contributed by atoms with van der Waals surface area (Å²) >= 11 is 0. The van der Waals surface area contributed by atoms with E-state index in [9.17, 15) is 0 Å². The van der Waals surface area contributed by atoms with E-state index in [1.807, 2.05) is 6.07 Å². The Bertz CT molecular complexity index is 805. The number of hydrogen-bond donors (Lipinski definition) is 0. The first kappa shape index (κ1) is 13.5. The minimum Gasteiger partial charge on any atom is -0.201 e. The SMILES string of the molecule is CC1(C)c2[c-]cccc2-c2c3ccccc3cc[n+]21.[W]. The molecule has 0 fully saturated rings. The molecule has 0 radical (unpaired) electrons. The number of fused-ring (bicyclic) bond motifs is 5. The fourth-order valence-electron chi connectivity index (χ4n) is 3.22. The second kappa shape index (κ2) is 4.53. The van der Waals surface area contributed by atoms with Gasteiger partial charge in [0.1, 0.15) is 0 Å². The number of nitrogens with zero attached hydrogens (tertiary/aromatic N) is 1. The first-order valence-electron chi connectivity index (χ1n) is 6.65. The third-order valence-electron chi connectivity index (χ3n) is 4.19. The molecule has 0 unspecified atom stereocenters. The summed E-state index contributed by atoms with van der Waals surface area (Å²) in [7, 11) is 0. The molecular weight excluding hydrogens is 414 g/mol. The number of hydrogen-bond acceptors (Lipinski definition) is 0. The Labute approximate surface area is 133 Å². The van der Waals surface area contributed by atoms with Gasteiger partial charge in [0.25, 0.3) is 0 Å². The molecule has 1 nitrogen and oxygen atoms in total. The molecule has 0 aliphatic carbocycles. The van der Waals surface area contributed by atoms with Gasteiger partial charge in [0, 0.05) is 46.4 Å². The summed E-state index contributed by atoms with van der Waals surface area (Å²) in [5.41, 5.74) is 3.88. The van der Waals surface area contributed by atoms with Crippen molar-refractivity contribution >= 4 is 10.8 Å². The van der Waals surface area contributed by atoms with Gasteiger partial charge in [0.15, 0.2) is 17.4 Å². The van der Waals surface area contributed by atoms with E-state index < -0.39 is 0 Å². The van der Waals surface area contributed by atoms with E-state index in [1.54, 1.807) is 0 Å². The Balaban J connectivity index is 0.00000121. The molecule has 1 aliphatic rings. The zero-order valence-electron chi connectivity index (χ0n) is 11.6. The molecule has 0 bridgehead atoms. The minimum absolute atomic E-state index is 0. The topological polar surface area (TPSA) is 3.88 Å². The predicted molar refractivity (Wildman–Crippen MR) is 76.8 cm³/mol. The Morgan fingerprint density at radius 1 is 1.00 bits per heavy atom. The van der Waals surface area contributed by atoms with Crippen LogP contribution in [0.1, 0.15) is 19.4 Å². The fourth-order valence-corrected chi connectivity index (χ4v) is 3.22. The molecule has 0 atom stereocenters. The summed E-state index contributed by atoms with van der Waals surface area (Å²) in [6.07, 6.45) is 2.20. The van der Waals surface area contributed by atoms with Gasteiger partial charge >= 0.3 is 0 Å². The Morgan fingerprint density at radius 2 is 1.80 bits per heavy atom. The second-order valence-corrected chi connectivity index (χ2v) is 5.64. The average Bonchev–Trinajstić information content (AvgIpc) is 2.68. The van der Waals surface area contributed by atoms with Gasteiger partial charge < -0.3 is 0 Å².